The van der Waals surface area contributed by atoms with Crippen molar-refractivity contribution in [3.8, 4) is 0 Å². The van der Waals surface area contributed by atoms with Crippen molar-refractivity contribution in [2.45, 2.75) is 0 Å². The molecule has 0 aliphatic carbocycles. The van der Waals surface area contributed by atoms with Gasteiger partial charge in [-0.15, -0.1) is 0 Å². The first-order valence-corrected chi connectivity index (χ1v) is 5.52. The molecule has 10 heteroatoms. The molecule has 0 saturated heterocycles. The normalized spacial score (nSPS) is 10.4. The molecule has 10 nitrogen and oxygen atoms in total. The van der Waals surface area contributed by atoms with Crippen LogP contribution in [0.1, 0.15) is 0 Å². The smallest absolute Gasteiger partial charge is 0.278 e. The van der Waals surface area contributed by atoms with Crippen molar-refractivity contribution in [1.29, 1.82) is 0 Å². The average molecular weight is 271 g/mol. The quantitative estimate of drug-likeness (QED) is 0.338. The summed E-state index contributed by atoms with van der Waals surface area (Å²) < 4.78 is 0. The number of nitrogen functional groups attached to an aromatic ring is 1. The average Bonchev–Trinajstić information content (AvgIpc) is 3.06. The second kappa shape index (κ2) is 4.76. The lowest BCUT2D eigenvalue weighted by molar-refractivity contribution is 1.17. The molecule has 5 N–H and O–H groups in total. The third-order valence-electron chi connectivity index (χ3n) is 2.41. The highest BCUT2D eigenvalue weighted by Gasteiger charge is 2.01. The van der Waals surface area contributed by atoms with Crippen molar-refractivity contribution in [3.05, 3.63) is 35.5 Å². The number of rotatable bonds is 0. The minimum absolute atomic E-state index is 0.0783. The molecule has 0 spiro atoms. The fourth-order valence-electron chi connectivity index (χ4n) is 1.55. The van der Waals surface area contributed by atoms with Gasteiger partial charge in [0.05, 0.1) is 18.9 Å². The Morgan fingerprint density at radius 3 is 2.70 bits per heavy atom. The van der Waals surface area contributed by atoms with E-state index in [1.54, 1.807) is 12.5 Å². The zero-order valence-corrected chi connectivity index (χ0v) is 10.0. The molecule has 0 saturated carbocycles. The number of hydrogen-bond donors (Lipinski definition) is 4. The van der Waals surface area contributed by atoms with E-state index in [9.17, 15) is 4.79 Å². The molecule has 4 aromatic heterocycles. The number of anilines is 1. The molecule has 0 unspecified atom stereocenters. The van der Waals surface area contributed by atoms with Crippen LogP contribution in [0.25, 0.3) is 22.3 Å². The highest BCUT2D eigenvalue weighted by molar-refractivity contribution is 5.69. The Bertz CT molecular complexity index is 875. The van der Waals surface area contributed by atoms with Crippen LogP contribution < -0.4 is 11.3 Å². The first kappa shape index (κ1) is 11.8. The van der Waals surface area contributed by atoms with Gasteiger partial charge in [0.15, 0.2) is 16.8 Å². The van der Waals surface area contributed by atoms with Gasteiger partial charge in [-0.3, -0.25) is 9.78 Å². The summed E-state index contributed by atoms with van der Waals surface area (Å²) in [7, 11) is 0. The molecule has 20 heavy (non-hydrogen) atoms. The van der Waals surface area contributed by atoms with Crippen LogP contribution in [0.5, 0.6) is 0 Å². The molecule has 0 aliphatic rings. The number of aromatic amines is 3. The van der Waals surface area contributed by atoms with Gasteiger partial charge in [-0.2, -0.15) is 4.98 Å². The number of H-pyrrole nitrogens is 3. The standard InChI is InChI=1S/C5H5N5O.C5H4N4/c6-5-9-3-2(4(11)10-5)7-1-8-3;1-4-5(8-2-6-1)9-3-7-4/h1H,(H4,6,7,8,9,10,11);1-3H,(H,6,7,8,9). The maximum atomic E-state index is 11.0. The molecule has 0 bridgehead atoms. The molecule has 0 amide bonds. The Balaban J connectivity index is 0.000000123. The van der Waals surface area contributed by atoms with Crippen LogP contribution >= 0.6 is 0 Å². The molecule has 0 radical (unpaired) electrons. The Labute approximate surface area is 110 Å². The molecular weight excluding hydrogens is 262 g/mol. The summed E-state index contributed by atoms with van der Waals surface area (Å²) in [5, 5.41) is 0. The number of imidazole rings is 2. The Morgan fingerprint density at radius 2 is 1.85 bits per heavy atom. The van der Waals surface area contributed by atoms with Crippen LogP contribution in [-0.4, -0.2) is 39.9 Å². The second-order valence-electron chi connectivity index (χ2n) is 3.71. The SMILES string of the molecule is Nc1nc2nc[nH]c2c(=O)[nH]1.c1ncc2[nH]cnc2n1. The second-order valence-corrected chi connectivity index (χ2v) is 3.71. The minimum atomic E-state index is -0.301. The monoisotopic (exact) mass is 271 g/mol. The summed E-state index contributed by atoms with van der Waals surface area (Å²) in [4.78, 5) is 38.0. The van der Waals surface area contributed by atoms with Crippen molar-refractivity contribution < 1.29 is 0 Å². The van der Waals surface area contributed by atoms with Gasteiger partial charge in [-0.1, -0.05) is 0 Å². The highest BCUT2D eigenvalue weighted by Crippen LogP contribution is 1.99. The summed E-state index contributed by atoms with van der Waals surface area (Å²) in [6.45, 7) is 0. The molecule has 4 rings (SSSR count). The third-order valence-corrected chi connectivity index (χ3v) is 2.41. The Hall–Kier alpha value is -3.30. The Morgan fingerprint density at radius 1 is 1.05 bits per heavy atom. The summed E-state index contributed by atoms with van der Waals surface area (Å²) in [6, 6.07) is 0. The van der Waals surface area contributed by atoms with Gasteiger partial charge in [0.25, 0.3) is 5.56 Å². The highest BCUT2D eigenvalue weighted by atomic mass is 16.1. The summed E-state index contributed by atoms with van der Waals surface area (Å²) in [5.74, 6) is 0.0783. The maximum Gasteiger partial charge on any atom is 0.278 e. The number of aromatic nitrogens is 8. The van der Waals surface area contributed by atoms with Gasteiger partial charge in [0.2, 0.25) is 5.95 Å². The number of fused-ring (bicyclic) bond motifs is 2. The minimum Gasteiger partial charge on any atom is -0.369 e. The van der Waals surface area contributed by atoms with Crippen LogP contribution in [0.2, 0.25) is 0 Å². The molecule has 100 valence electrons. The molecule has 0 fully saturated rings. The lowest BCUT2D eigenvalue weighted by atomic mass is 10.5. The number of hydrogen-bond acceptors (Lipinski definition) is 7. The topological polar surface area (TPSA) is 155 Å². The summed E-state index contributed by atoms with van der Waals surface area (Å²) in [6.07, 6.45) is 6.16. The molecule has 0 aliphatic heterocycles. The van der Waals surface area contributed by atoms with E-state index in [0.29, 0.717) is 16.8 Å². The van der Waals surface area contributed by atoms with E-state index in [1.165, 1.54) is 12.7 Å². The van der Waals surface area contributed by atoms with Crippen molar-refractivity contribution in [1.82, 2.24) is 39.9 Å². The van der Waals surface area contributed by atoms with Crippen molar-refractivity contribution in [2.75, 3.05) is 5.73 Å². The van der Waals surface area contributed by atoms with E-state index in [1.807, 2.05) is 0 Å². The van der Waals surface area contributed by atoms with E-state index in [-0.39, 0.29) is 11.5 Å². The van der Waals surface area contributed by atoms with E-state index < -0.39 is 0 Å². The molecule has 4 aromatic rings. The van der Waals surface area contributed by atoms with Gasteiger partial charge in [-0.05, 0) is 0 Å². The van der Waals surface area contributed by atoms with Crippen LogP contribution in [0, 0.1) is 0 Å². The zero-order chi connectivity index (χ0) is 13.9. The van der Waals surface area contributed by atoms with E-state index in [2.05, 4.69) is 39.9 Å². The number of nitrogens with two attached hydrogens (primary N) is 1. The first-order valence-electron chi connectivity index (χ1n) is 5.52. The van der Waals surface area contributed by atoms with Crippen molar-refractivity contribution >= 4 is 28.3 Å². The van der Waals surface area contributed by atoms with Crippen molar-refractivity contribution in [2.24, 2.45) is 0 Å². The van der Waals surface area contributed by atoms with Gasteiger partial charge in [0.1, 0.15) is 11.8 Å². The predicted octanol–water partition coefficient (Wildman–Crippen LogP) is -0.419. The summed E-state index contributed by atoms with van der Waals surface area (Å²) >= 11 is 0. The van der Waals surface area contributed by atoms with E-state index >= 15 is 0 Å². The lowest BCUT2D eigenvalue weighted by Gasteiger charge is -1.89. The van der Waals surface area contributed by atoms with Crippen LogP contribution in [0.4, 0.5) is 5.95 Å². The van der Waals surface area contributed by atoms with Crippen LogP contribution in [0.3, 0.4) is 0 Å². The predicted molar refractivity (Wildman–Crippen MR) is 70.6 cm³/mol. The molecule has 4 heterocycles. The van der Waals surface area contributed by atoms with Gasteiger partial charge < -0.3 is 15.7 Å². The number of nitrogens with one attached hydrogen (secondary N) is 3. The maximum absolute atomic E-state index is 11.0. The molecule has 0 atom stereocenters. The fourth-order valence-corrected chi connectivity index (χ4v) is 1.55. The summed E-state index contributed by atoms with van der Waals surface area (Å²) in [5.41, 5.74) is 7.23. The van der Waals surface area contributed by atoms with Gasteiger partial charge in [0, 0.05) is 0 Å². The lowest BCUT2D eigenvalue weighted by Crippen LogP contribution is -2.10. The largest absolute Gasteiger partial charge is 0.369 e. The fraction of sp³-hybridized carbons (Fsp3) is 0. The van der Waals surface area contributed by atoms with Gasteiger partial charge in [-0.25, -0.2) is 19.9 Å². The first-order chi connectivity index (χ1) is 9.74. The number of nitrogens with zero attached hydrogens (tertiary/aromatic N) is 5. The van der Waals surface area contributed by atoms with E-state index in [4.69, 9.17) is 5.73 Å². The van der Waals surface area contributed by atoms with E-state index in [0.717, 1.165) is 5.52 Å². The van der Waals surface area contributed by atoms with Crippen molar-refractivity contribution in [3.63, 3.8) is 0 Å². The van der Waals surface area contributed by atoms with Crippen LogP contribution in [-0.2, 0) is 0 Å². The third kappa shape index (κ3) is 2.16. The Kier molecular flexibility index (Phi) is 2.80. The van der Waals surface area contributed by atoms with Crippen LogP contribution in [0.15, 0.2) is 30.0 Å². The molecule has 0 aromatic carbocycles. The zero-order valence-electron chi connectivity index (χ0n) is 10.0. The van der Waals surface area contributed by atoms with Gasteiger partial charge >= 0.3 is 0 Å². The molecular formula is C10H9N9O.